The molecule has 0 bridgehead atoms. The second-order valence-electron chi connectivity index (χ2n) is 4.54. The minimum absolute atomic E-state index is 0.000924. The zero-order valence-corrected chi connectivity index (χ0v) is 10.3. The van der Waals surface area contributed by atoms with E-state index in [9.17, 15) is 9.90 Å². The molecule has 5 heteroatoms. The number of rotatable bonds is 5. The Labute approximate surface area is 106 Å². The summed E-state index contributed by atoms with van der Waals surface area (Å²) in [5, 5.41) is 12.6. The molecule has 0 heterocycles. The van der Waals surface area contributed by atoms with Gasteiger partial charge in [-0.05, 0) is 30.9 Å². The lowest BCUT2D eigenvalue weighted by molar-refractivity contribution is 0.0931. The standard InChI is InChI=1S/C13H18N2O3/c1-18-9-4-5-10(12(16)6-9)13(17)15-11(7-14)8-2-3-8/h4-6,8,11,16H,2-3,7,14H2,1H3,(H,15,17). The number of amides is 1. The van der Waals surface area contributed by atoms with Crippen LogP contribution in [0.2, 0.25) is 0 Å². The van der Waals surface area contributed by atoms with Crippen LogP contribution in [0.5, 0.6) is 11.5 Å². The summed E-state index contributed by atoms with van der Waals surface area (Å²) in [6.07, 6.45) is 2.22. The van der Waals surface area contributed by atoms with Gasteiger partial charge in [-0.2, -0.15) is 0 Å². The van der Waals surface area contributed by atoms with E-state index < -0.39 is 0 Å². The van der Waals surface area contributed by atoms with E-state index in [1.54, 1.807) is 12.1 Å². The number of ether oxygens (including phenoxy) is 1. The lowest BCUT2D eigenvalue weighted by Gasteiger charge is -2.16. The minimum Gasteiger partial charge on any atom is -0.507 e. The zero-order valence-electron chi connectivity index (χ0n) is 10.3. The van der Waals surface area contributed by atoms with Gasteiger partial charge in [-0.1, -0.05) is 0 Å². The van der Waals surface area contributed by atoms with Gasteiger partial charge in [0.25, 0.3) is 5.91 Å². The van der Waals surface area contributed by atoms with Gasteiger partial charge in [0.05, 0.1) is 12.7 Å². The van der Waals surface area contributed by atoms with E-state index in [1.807, 2.05) is 0 Å². The number of phenols is 1. The number of benzene rings is 1. The monoisotopic (exact) mass is 250 g/mol. The van der Waals surface area contributed by atoms with Crippen LogP contribution in [0.3, 0.4) is 0 Å². The van der Waals surface area contributed by atoms with Crippen LogP contribution in [0, 0.1) is 5.92 Å². The molecule has 1 aliphatic rings. The number of hydrogen-bond acceptors (Lipinski definition) is 4. The van der Waals surface area contributed by atoms with Crippen LogP contribution in [0.4, 0.5) is 0 Å². The normalized spacial score (nSPS) is 16.1. The van der Waals surface area contributed by atoms with Gasteiger partial charge in [0, 0.05) is 18.7 Å². The van der Waals surface area contributed by atoms with Gasteiger partial charge < -0.3 is 20.9 Å². The lowest BCUT2D eigenvalue weighted by Crippen LogP contribution is -2.41. The fourth-order valence-electron chi connectivity index (χ4n) is 1.94. The molecule has 18 heavy (non-hydrogen) atoms. The maximum Gasteiger partial charge on any atom is 0.255 e. The third-order valence-corrected chi connectivity index (χ3v) is 3.21. The molecule has 0 aliphatic heterocycles. The summed E-state index contributed by atoms with van der Waals surface area (Å²) in [6.45, 7) is 0.424. The van der Waals surface area contributed by atoms with Crippen molar-refractivity contribution in [3.63, 3.8) is 0 Å². The highest BCUT2D eigenvalue weighted by atomic mass is 16.5. The summed E-state index contributed by atoms with van der Waals surface area (Å²) in [4.78, 5) is 12.0. The molecule has 2 rings (SSSR count). The van der Waals surface area contributed by atoms with E-state index in [2.05, 4.69) is 5.32 Å². The van der Waals surface area contributed by atoms with Crippen molar-refractivity contribution in [1.29, 1.82) is 0 Å². The van der Waals surface area contributed by atoms with Crippen LogP contribution in [0.1, 0.15) is 23.2 Å². The van der Waals surface area contributed by atoms with Crippen molar-refractivity contribution in [3.8, 4) is 11.5 Å². The topological polar surface area (TPSA) is 84.6 Å². The van der Waals surface area contributed by atoms with Crippen LogP contribution >= 0.6 is 0 Å². The largest absolute Gasteiger partial charge is 0.507 e. The predicted octanol–water partition coefficient (Wildman–Crippen LogP) is 0.868. The molecule has 4 N–H and O–H groups in total. The lowest BCUT2D eigenvalue weighted by atomic mass is 10.1. The van der Waals surface area contributed by atoms with Crippen molar-refractivity contribution in [3.05, 3.63) is 23.8 Å². The fourth-order valence-corrected chi connectivity index (χ4v) is 1.94. The molecule has 0 saturated heterocycles. The van der Waals surface area contributed by atoms with Crippen molar-refractivity contribution in [2.24, 2.45) is 11.7 Å². The molecule has 1 fully saturated rings. The van der Waals surface area contributed by atoms with Crippen LogP contribution in [-0.4, -0.2) is 30.7 Å². The number of methoxy groups -OCH3 is 1. The molecular weight excluding hydrogens is 232 g/mol. The number of hydrogen-bond donors (Lipinski definition) is 3. The Morgan fingerprint density at radius 1 is 1.61 bits per heavy atom. The van der Waals surface area contributed by atoms with Gasteiger partial charge in [0.2, 0.25) is 0 Å². The molecule has 1 aliphatic carbocycles. The maximum atomic E-state index is 12.0. The molecule has 1 unspecified atom stereocenters. The average Bonchev–Trinajstić information content (AvgIpc) is 3.19. The van der Waals surface area contributed by atoms with Crippen molar-refractivity contribution in [2.75, 3.05) is 13.7 Å². The number of nitrogens with two attached hydrogens (primary N) is 1. The molecule has 1 atom stereocenters. The Balaban J connectivity index is 2.08. The average molecular weight is 250 g/mol. The molecule has 1 aromatic carbocycles. The SMILES string of the molecule is COc1ccc(C(=O)NC(CN)C2CC2)c(O)c1. The van der Waals surface area contributed by atoms with Crippen molar-refractivity contribution in [1.82, 2.24) is 5.32 Å². The second kappa shape index (κ2) is 5.27. The molecule has 0 aromatic heterocycles. The fraction of sp³-hybridized carbons (Fsp3) is 0.462. The Morgan fingerprint density at radius 2 is 2.33 bits per heavy atom. The predicted molar refractivity (Wildman–Crippen MR) is 67.7 cm³/mol. The maximum absolute atomic E-state index is 12.0. The van der Waals surface area contributed by atoms with Gasteiger partial charge >= 0.3 is 0 Å². The Kier molecular flexibility index (Phi) is 3.72. The van der Waals surface area contributed by atoms with Crippen molar-refractivity contribution >= 4 is 5.91 Å². The molecule has 98 valence electrons. The minimum atomic E-state index is -0.294. The Hall–Kier alpha value is -1.75. The Bertz CT molecular complexity index is 444. The first-order valence-electron chi connectivity index (χ1n) is 6.03. The first-order chi connectivity index (χ1) is 8.65. The molecule has 1 amide bonds. The number of phenolic OH excluding ortho intramolecular Hbond substituents is 1. The van der Waals surface area contributed by atoms with Gasteiger partial charge in [-0.3, -0.25) is 4.79 Å². The van der Waals surface area contributed by atoms with Crippen LogP contribution in [0.25, 0.3) is 0 Å². The number of carbonyl (C=O) groups is 1. The van der Waals surface area contributed by atoms with Crippen molar-refractivity contribution in [2.45, 2.75) is 18.9 Å². The van der Waals surface area contributed by atoms with E-state index in [4.69, 9.17) is 10.5 Å². The first kappa shape index (κ1) is 12.7. The van der Waals surface area contributed by atoms with Crippen molar-refractivity contribution < 1.29 is 14.6 Å². The quantitative estimate of drug-likeness (QED) is 0.724. The highest BCUT2D eigenvalue weighted by Crippen LogP contribution is 2.32. The molecular formula is C13H18N2O3. The van der Waals surface area contributed by atoms with E-state index in [-0.39, 0.29) is 23.3 Å². The summed E-state index contributed by atoms with van der Waals surface area (Å²) in [6, 6.07) is 4.61. The molecule has 1 aromatic rings. The molecule has 0 spiro atoms. The summed E-state index contributed by atoms with van der Waals surface area (Å²) in [5.74, 6) is 0.622. The third-order valence-electron chi connectivity index (χ3n) is 3.21. The third kappa shape index (κ3) is 2.73. The Morgan fingerprint density at radius 3 is 2.83 bits per heavy atom. The summed E-state index contributed by atoms with van der Waals surface area (Å²) in [7, 11) is 1.51. The van der Waals surface area contributed by atoms with Gasteiger partial charge in [0.15, 0.2) is 0 Å². The van der Waals surface area contributed by atoms with E-state index in [1.165, 1.54) is 13.2 Å². The summed E-state index contributed by atoms with van der Waals surface area (Å²) < 4.78 is 4.97. The van der Waals surface area contributed by atoms with Crippen LogP contribution in [0.15, 0.2) is 18.2 Å². The number of nitrogens with one attached hydrogen (secondary N) is 1. The van der Waals surface area contributed by atoms with Crippen LogP contribution in [-0.2, 0) is 0 Å². The molecule has 5 nitrogen and oxygen atoms in total. The number of aromatic hydroxyl groups is 1. The highest BCUT2D eigenvalue weighted by Gasteiger charge is 2.31. The zero-order chi connectivity index (χ0) is 13.1. The first-order valence-corrected chi connectivity index (χ1v) is 6.03. The van der Waals surface area contributed by atoms with Gasteiger partial charge in [0.1, 0.15) is 11.5 Å². The number of carbonyl (C=O) groups excluding carboxylic acids is 1. The van der Waals surface area contributed by atoms with E-state index >= 15 is 0 Å². The second-order valence-corrected chi connectivity index (χ2v) is 4.54. The summed E-state index contributed by atoms with van der Waals surface area (Å²) >= 11 is 0. The molecule has 0 radical (unpaired) electrons. The smallest absolute Gasteiger partial charge is 0.255 e. The molecule has 1 saturated carbocycles. The summed E-state index contributed by atoms with van der Waals surface area (Å²) in [5.41, 5.74) is 5.87. The van der Waals surface area contributed by atoms with E-state index in [0.717, 1.165) is 12.8 Å². The van der Waals surface area contributed by atoms with Crippen LogP contribution < -0.4 is 15.8 Å². The van der Waals surface area contributed by atoms with Gasteiger partial charge in [-0.25, -0.2) is 0 Å². The van der Waals surface area contributed by atoms with Gasteiger partial charge in [-0.15, -0.1) is 0 Å². The van der Waals surface area contributed by atoms with E-state index in [0.29, 0.717) is 18.2 Å². The highest BCUT2D eigenvalue weighted by molar-refractivity contribution is 5.97.